The SMILES string of the molecule is C=Cc1ccccc1.O=C(O)/C=C\C(=O)OC(=O)/C=C\C(=O)OC(=O)/C=C\C(=O)O. The standard InChI is InChI=1S/C12H8O10.C8H8/c13-7(14)1-3-9(17)21-11(19)5-6-12(20)22-10(18)4-2-8(15)16;1-2-8-6-4-3-5-7-8/h1-6H,(H,13,14)(H,15,16);2-7H,1H2/b3-1-,4-2-,6-5-;. The molecule has 0 saturated heterocycles. The van der Waals surface area contributed by atoms with E-state index in [1.807, 2.05) is 36.4 Å². The molecule has 1 aromatic carbocycles. The normalized spacial score (nSPS) is 10.1. The minimum absolute atomic E-state index is 0.432. The van der Waals surface area contributed by atoms with Crippen molar-refractivity contribution in [2.45, 2.75) is 0 Å². The summed E-state index contributed by atoms with van der Waals surface area (Å²) in [6.45, 7) is 3.63. The van der Waals surface area contributed by atoms with E-state index >= 15 is 0 Å². The van der Waals surface area contributed by atoms with Gasteiger partial charge in [0.15, 0.2) is 0 Å². The second-order valence-corrected chi connectivity index (χ2v) is 4.77. The fraction of sp³-hybridized carbons (Fsp3) is 0. The Morgan fingerprint density at radius 1 is 0.633 bits per heavy atom. The molecule has 30 heavy (non-hydrogen) atoms. The van der Waals surface area contributed by atoms with Crippen LogP contribution in [-0.2, 0) is 38.2 Å². The Morgan fingerprint density at radius 2 is 0.967 bits per heavy atom. The highest BCUT2D eigenvalue weighted by molar-refractivity contribution is 6.03. The van der Waals surface area contributed by atoms with Gasteiger partial charge in [-0.3, -0.25) is 0 Å². The first-order chi connectivity index (χ1) is 14.1. The number of carboxylic acids is 2. The third-order valence-electron chi connectivity index (χ3n) is 2.52. The molecule has 0 atom stereocenters. The van der Waals surface area contributed by atoms with Crippen molar-refractivity contribution in [2.24, 2.45) is 0 Å². The molecular formula is C20H16O10. The lowest BCUT2D eigenvalue weighted by Gasteiger charge is -1.95. The molecule has 2 N–H and O–H groups in total. The van der Waals surface area contributed by atoms with Gasteiger partial charge in [0.2, 0.25) is 0 Å². The van der Waals surface area contributed by atoms with Crippen LogP contribution in [0.3, 0.4) is 0 Å². The third-order valence-corrected chi connectivity index (χ3v) is 2.52. The fourth-order valence-corrected chi connectivity index (χ4v) is 1.34. The first kappa shape index (κ1) is 25.4. The van der Waals surface area contributed by atoms with E-state index in [0.717, 1.165) is 0 Å². The number of carbonyl (C=O) groups is 6. The molecule has 1 aromatic rings. The maximum absolute atomic E-state index is 11.0. The van der Waals surface area contributed by atoms with Crippen molar-refractivity contribution in [1.82, 2.24) is 0 Å². The van der Waals surface area contributed by atoms with E-state index in [4.69, 9.17) is 10.2 Å². The molecule has 0 saturated carbocycles. The summed E-state index contributed by atoms with van der Waals surface area (Å²) in [5.74, 6) is -8.07. The molecule has 10 nitrogen and oxygen atoms in total. The lowest BCUT2D eigenvalue weighted by Crippen LogP contribution is -2.11. The van der Waals surface area contributed by atoms with Gasteiger partial charge in [-0.15, -0.1) is 0 Å². The van der Waals surface area contributed by atoms with Gasteiger partial charge in [-0.25, -0.2) is 28.8 Å². The Hall–Kier alpha value is -4.60. The maximum Gasteiger partial charge on any atom is 0.338 e. The molecule has 1 rings (SSSR count). The number of carbonyl (C=O) groups excluding carboxylic acids is 4. The third kappa shape index (κ3) is 14.6. The summed E-state index contributed by atoms with van der Waals surface area (Å²) in [6, 6.07) is 10.0. The summed E-state index contributed by atoms with van der Waals surface area (Å²) in [5, 5.41) is 16.4. The minimum atomic E-state index is -1.43. The average Bonchev–Trinajstić information content (AvgIpc) is 2.70. The van der Waals surface area contributed by atoms with Gasteiger partial charge < -0.3 is 19.7 Å². The summed E-state index contributed by atoms with van der Waals surface area (Å²) in [5.41, 5.74) is 1.17. The molecule has 0 amide bonds. The van der Waals surface area contributed by atoms with Crippen LogP contribution in [-0.4, -0.2) is 46.0 Å². The van der Waals surface area contributed by atoms with Crippen LogP contribution in [0, 0.1) is 0 Å². The van der Waals surface area contributed by atoms with E-state index in [1.54, 1.807) is 0 Å². The van der Waals surface area contributed by atoms with Gasteiger partial charge in [0.05, 0.1) is 0 Å². The molecule has 0 aliphatic carbocycles. The summed E-state index contributed by atoms with van der Waals surface area (Å²) in [6.07, 6.45) is 4.52. The van der Waals surface area contributed by atoms with Crippen molar-refractivity contribution in [3.8, 4) is 0 Å². The van der Waals surface area contributed by atoms with Crippen LogP contribution in [0.4, 0.5) is 0 Å². The van der Waals surface area contributed by atoms with E-state index in [2.05, 4.69) is 16.1 Å². The number of hydrogen-bond donors (Lipinski definition) is 2. The van der Waals surface area contributed by atoms with Crippen molar-refractivity contribution in [3.05, 3.63) is 78.9 Å². The summed E-state index contributed by atoms with van der Waals surface area (Å²) < 4.78 is 8.07. The zero-order valence-electron chi connectivity index (χ0n) is 15.3. The molecule has 0 aromatic heterocycles. The second-order valence-electron chi connectivity index (χ2n) is 4.77. The number of carboxylic acid groups (broad SMARTS) is 2. The van der Waals surface area contributed by atoms with E-state index in [0.29, 0.717) is 36.5 Å². The molecule has 156 valence electrons. The zero-order valence-corrected chi connectivity index (χ0v) is 15.3. The van der Waals surface area contributed by atoms with Crippen LogP contribution < -0.4 is 0 Å². The monoisotopic (exact) mass is 416 g/mol. The largest absolute Gasteiger partial charge is 0.478 e. The highest BCUT2D eigenvalue weighted by Gasteiger charge is 2.08. The van der Waals surface area contributed by atoms with Gasteiger partial charge in [0, 0.05) is 36.5 Å². The summed E-state index contributed by atoms with van der Waals surface area (Å²) in [4.78, 5) is 63.9. The molecule has 0 radical (unpaired) electrons. The highest BCUT2D eigenvalue weighted by Crippen LogP contribution is 1.97. The van der Waals surface area contributed by atoms with E-state index < -0.39 is 35.8 Å². The van der Waals surface area contributed by atoms with Gasteiger partial charge in [-0.05, 0) is 5.56 Å². The van der Waals surface area contributed by atoms with Crippen molar-refractivity contribution in [2.75, 3.05) is 0 Å². The van der Waals surface area contributed by atoms with E-state index in [-0.39, 0.29) is 0 Å². The summed E-state index contributed by atoms with van der Waals surface area (Å²) in [7, 11) is 0. The van der Waals surface area contributed by atoms with Crippen molar-refractivity contribution in [3.63, 3.8) is 0 Å². The number of benzene rings is 1. The average molecular weight is 416 g/mol. The molecule has 0 bridgehead atoms. The van der Waals surface area contributed by atoms with Crippen LogP contribution >= 0.6 is 0 Å². The van der Waals surface area contributed by atoms with Crippen LogP contribution in [0.2, 0.25) is 0 Å². The number of esters is 4. The number of rotatable bonds is 7. The van der Waals surface area contributed by atoms with Crippen LogP contribution in [0.15, 0.2) is 73.4 Å². The van der Waals surface area contributed by atoms with Gasteiger partial charge in [-0.1, -0.05) is 43.0 Å². The number of hydrogen-bond acceptors (Lipinski definition) is 8. The summed E-state index contributed by atoms with van der Waals surface area (Å²) >= 11 is 0. The fourth-order valence-electron chi connectivity index (χ4n) is 1.34. The first-order valence-corrected chi connectivity index (χ1v) is 7.83. The second kappa shape index (κ2) is 14.5. The van der Waals surface area contributed by atoms with Crippen LogP contribution in [0.5, 0.6) is 0 Å². The molecule has 0 aliphatic heterocycles. The van der Waals surface area contributed by atoms with Gasteiger partial charge in [0.1, 0.15) is 0 Å². The van der Waals surface area contributed by atoms with Crippen LogP contribution in [0.25, 0.3) is 6.08 Å². The number of aliphatic carboxylic acids is 2. The topological polar surface area (TPSA) is 161 Å². The Balaban J connectivity index is 0.000000867. The smallest absolute Gasteiger partial charge is 0.338 e. The van der Waals surface area contributed by atoms with E-state index in [9.17, 15) is 28.8 Å². The molecule has 0 fully saturated rings. The van der Waals surface area contributed by atoms with Crippen molar-refractivity contribution in [1.29, 1.82) is 0 Å². The molecule has 0 unspecified atom stereocenters. The van der Waals surface area contributed by atoms with Gasteiger partial charge in [0.25, 0.3) is 0 Å². The first-order valence-electron chi connectivity index (χ1n) is 7.83. The Bertz CT molecular complexity index is 839. The molecular weight excluding hydrogens is 400 g/mol. The van der Waals surface area contributed by atoms with Crippen molar-refractivity contribution >= 4 is 41.9 Å². The molecule has 0 spiro atoms. The Kier molecular flexibility index (Phi) is 12.2. The zero-order chi connectivity index (χ0) is 22.9. The Labute approximate surface area is 170 Å². The minimum Gasteiger partial charge on any atom is -0.478 e. The van der Waals surface area contributed by atoms with Gasteiger partial charge in [-0.2, -0.15) is 0 Å². The van der Waals surface area contributed by atoms with E-state index in [1.165, 1.54) is 5.56 Å². The molecule has 0 heterocycles. The lowest BCUT2D eigenvalue weighted by molar-refractivity contribution is -0.155. The lowest BCUT2D eigenvalue weighted by atomic mass is 10.2. The molecule has 10 heteroatoms. The quantitative estimate of drug-likeness (QED) is 0.376. The number of ether oxygens (including phenoxy) is 2. The maximum atomic E-state index is 11.0. The Morgan fingerprint density at radius 3 is 1.23 bits per heavy atom. The molecule has 0 aliphatic rings. The van der Waals surface area contributed by atoms with Gasteiger partial charge >= 0.3 is 35.8 Å². The predicted octanol–water partition coefficient (Wildman–Crippen LogP) is 1.29. The predicted molar refractivity (Wildman–Crippen MR) is 101 cm³/mol. The highest BCUT2D eigenvalue weighted by atomic mass is 16.6. The van der Waals surface area contributed by atoms with Crippen molar-refractivity contribution < 1.29 is 48.5 Å². The van der Waals surface area contributed by atoms with Crippen LogP contribution in [0.1, 0.15) is 5.56 Å².